The maximum atomic E-state index is 13.2. The molecule has 0 unspecified atom stereocenters. The minimum Gasteiger partial charge on any atom is -0.317 e. The summed E-state index contributed by atoms with van der Waals surface area (Å²) < 4.78 is 39.6. The summed E-state index contributed by atoms with van der Waals surface area (Å²) in [5.74, 6) is -0.663. The summed E-state index contributed by atoms with van der Waals surface area (Å²) in [6.45, 7) is 1.52. The van der Waals surface area contributed by atoms with Crippen LogP contribution < -0.4 is 5.32 Å². The zero-order chi connectivity index (χ0) is 14.9. The molecule has 21 heavy (non-hydrogen) atoms. The lowest BCUT2D eigenvalue weighted by Crippen LogP contribution is -2.44. The van der Waals surface area contributed by atoms with Crippen LogP contribution in [-0.4, -0.2) is 38.9 Å². The first kappa shape index (κ1) is 18.9. The van der Waals surface area contributed by atoms with Gasteiger partial charge in [-0.15, -0.1) is 12.4 Å². The van der Waals surface area contributed by atoms with Crippen LogP contribution in [-0.2, 0) is 10.0 Å². The second-order valence-electron chi connectivity index (χ2n) is 4.70. The molecular weight excluding hydrogens is 362 g/mol. The number of hydrogen-bond donors (Lipinski definition) is 1. The molecule has 0 spiro atoms. The van der Waals surface area contributed by atoms with E-state index in [0.29, 0.717) is 12.8 Å². The maximum absolute atomic E-state index is 13.2. The van der Waals surface area contributed by atoms with E-state index in [9.17, 15) is 12.8 Å². The van der Waals surface area contributed by atoms with Gasteiger partial charge in [-0.2, -0.15) is 4.31 Å². The molecule has 0 amide bonds. The minimum atomic E-state index is -3.84. The van der Waals surface area contributed by atoms with E-state index in [1.807, 2.05) is 0 Å². The zero-order valence-corrected chi connectivity index (χ0v) is 14.4. The van der Waals surface area contributed by atoms with Crippen LogP contribution in [0.15, 0.2) is 17.0 Å². The van der Waals surface area contributed by atoms with E-state index in [1.54, 1.807) is 0 Å². The third-order valence-electron chi connectivity index (χ3n) is 3.42. The third-order valence-corrected chi connectivity index (χ3v) is 6.26. The van der Waals surface area contributed by atoms with Crippen molar-refractivity contribution in [2.75, 3.05) is 20.1 Å². The van der Waals surface area contributed by atoms with Crippen LogP contribution in [0.25, 0.3) is 0 Å². The van der Waals surface area contributed by atoms with Gasteiger partial charge in [0.2, 0.25) is 10.0 Å². The van der Waals surface area contributed by atoms with Gasteiger partial charge in [0.05, 0.1) is 10.0 Å². The molecule has 1 fully saturated rings. The Bertz CT molecular complexity index is 584. The highest BCUT2D eigenvalue weighted by atomic mass is 35.5. The summed E-state index contributed by atoms with van der Waals surface area (Å²) in [6, 6.07) is 1.80. The van der Waals surface area contributed by atoms with E-state index in [4.69, 9.17) is 23.2 Å². The van der Waals surface area contributed by atoms with Gasteiger partial charge in [0.15, 0.2) is 0 Å². The van der Waals surface area contributed by atoms with Gasteiger partial charge in [0.25, 0.3) is 0 Å². The van der Waals surface area contributed by atoms with E-state index >= 15 is 0 Å². The lowest BCUT2D eigenvalue weighted by Gasteiger charge is -2.31. The number of rotatable bonds is 3. The molecule has 0 aromatic heterocycles. The molecule has 4 nitrogen and oxygen atoms in total. The molecule has 0 saturated carbocycles. The number of nitrogens with zero attached hydrogens (tertiary/aromatic N) is 1. The molecule has 1 saturated heterocycles. The van der Waals surface area contributed by atoms with Crippen LogP contribution in [0, 0.1) is 5.82 Å². The smallest absolute Gasteiger partial charge is 0.246 e. The third kappa shape index (κ3) is 4.00. The molecule has 1 heterocycles. The maximum Gasteiger partial charge on any atom is 0.246 e. The van der Waals surface area contributed by atoms with E-state index in [-0.39, 0.29) is 33.4 Å². The van der Waals surface area contributed by atoms with Crippen LogP contribution in [0.1, 0.15) is 12.8 Å². The first-order valence-electron chi connectivity index (χ1n) is 6.17. The second-order valence-corrected chi connectivity index (χ2v) is 7.45. The quantitative estimate of drug-likeness (QED) is 0.881. The molecule has 1 aromatic carbocycles. The Labute approximate surface area is 140 Å². The van der Waals surface area contributed by atoms with E-state index in [1.165, 1.54) is 11.4 Å². The Morgan fingerprint density at radius 2 is 1.71 bits per heavy atom. The number of piperidine rings is 1. The molecule has 1 aliphatic rings. The summed E-state index contributed by atoms with van der Waals surface area (Å²) >= 11 is 11.7. The Kier molecular flexibility index (Phi) is 6.71. The highest BCUT2D eigenvalue weighted by Gasteiger charge is 2.32. The lowest BCUT2D eigenvalue weighted by atomic mass is 10.1. The highest BCUT2D eigenvalue weighted by molar-refractivity contribution is 7.89. The Morgan fingerprint density at radius 3 is 2.19 bits per heavy atom. The number of benzene rings is 1. The van der Waals surface area contributed by atoms with Gasteiger partial charge >= 0.3 is 0 Å². The minimum absolute atomic E-state index is 0. The molecule has 1 aliphatic heterocycles. The molecule has 1 aromatic rings. The molecule has 0 radical (unpaired) electrons. The highest BCUT2D eigenvalue weighted by Crippen LogP contribution is 2.33. The fourth-order valence-corrected chi connectivity index (χ4v) is 4.83. The summed E-state index contributed by atoms with van der Waals surface area (Å²) in [6.07, 6.45) is 1.43. The number of nitrogens with one attached hydrogen (secondary N) is 1. The second kappa shape index (κ2) is 7.44. The Balaban J connectivity index is 0.00000220. The van der Waals surface area contributed by atoms with Gasteiger partial charge in [-0.1, -0.05) is 23.2 Å². The van der Waals surface area contributed by atoms with Crippen molar-refractivity contribution in [3.8, 4) is 0 Å². The number of sulfonamides is 1. The molecule has 1 N–H and O–H groups in total. The summed E-state index contributed by atoms with van der Waals surface area (Å²) in [5.41, 5.74) is 0. The molecular formula is C12H16Cl3FN2O2S. The van der Waals surface area contributed by atoms with Crippen molar-refractivity contribution in [3.05, 3.63) is 28.0 Å². The van der Waals surface area contributed by atoms with Gasteiger partial charge in [0.1, 0.15) is 10.7 Å². The molecule has 120 valence electrons. The van der Waals surface area contributed by atoms with Crippen molar-refractivity contribution in [1.29, 1.82) is 0 Å². The summed E-state index contributed by atoms with van der Waals surface area (Å²) in [4.78, 5) is -0.233. The van der Waals surface area contributed by atoms with Crippen molar-refractivity contribution in [3.63, 3.8) is 0 Å². The van der Waals surface area contributed by atoms with Crippen LogP contribution in [0.5, 0.6) is 0 Å². The Morgan fingerprint density at radius 1 is 1.24 bits per heavy atom. The predicted molar refractivity (Wildman–Crippen MR) is 84.5 cm³/mol. The average Bonchev–Trinajstić information content (AvgIpc) is 2.37. The SMILES string of the molecule is CN(C1CCNCC1)S(=O)(=O)c1c(Cl)cc(F)cc1Cl.Cl. The topological polar surface area (TPSA) is 49.4 Å². The Hall–Kier alpha value is -0.110. The molecule has 2 rings (SSSR count). The molecule has 0 atom stereocenters. The number of hydrogen-bond acceptors (Lipinski definition) is 3. The van der Waals surface area contributed by atoms with Gasteiger partial charge in [-0.25, -0.2) is 12.8 Å². The normalized spacial score (nSPS) is 16.8. The van der Waals surface area contributed by atoms with Gasteiger partial charge in [-0.05, 0) is 38.1 Å². The largest absolute Gasteiger partial charge is 0.317 e. The van der Waals surface area contributed by atoms with E-state index in [0.717, 1.165) is 25.2 Å². The van der Waals surface area contributed by atoms with Crippen molar-refractivity contribution >= 4 is 45.6 Å². The monoisotopic (exact) mass is 376 g/mol. The zero-order valence-electron chi connectivity index (χ0n) is 11.3. The number of halogens is 4. The first-order valence-corrected chi connectivity index (χ1v) is 8.37. The van der Waals surface area contributed by atoms with Crippen LogP contribution in [0.3, 0.4) is 0 Å². The first-order chi connectivity index (χ1) is 9.34. The van der Waals surface area contributed by atoms with Crippen molar-refractivity contribution < 1.29 is 12.8 Å². The van der Waals surface area contributed by atoms with Crippen LogP contribution >= 0.6 is 35.6 Å². The fraction of sp³-hybridized carbons (Fsp3) is 0.500. The molecule has 9 heteroatoms. The fourth-order valence-electron chi connectivity index (χ4n) is 2.29. The van der Waals surface area contributed by atoms with Gasteiger partial charge in [-0.3, -0.25) is 0 Å². The van der Waals surface area contributed by atoms with E-state index in [2.05, 4.69) is 5.32 Å². The standard InChI is InChI=1S/C12H15Cl2FN2O2S.ClH/c1-17(9-2-4-16-5-3-9)20(18,19)12-10(13)6-8(15)7-11(12)14;/h6-7,9,16H,2-5H2,1H3;1H. The van der Waals surface area contributed by atoms with Crippen LogP contribution in [0.2, 0.25) is 10.0 Å². The van der Waals surface area contributed by atoms with Crippen molar-refractivity contribution in [2.45, 2.75) is 23.8 Å². The van der Waals surface area contributed by atoms with Crippen molar-refractivity contribution in [1.82, 2.24) is 9.62 Å². The average molecular weight is 378 g/mol. The molecule has 0 bridgehead atoms. The lowest BCUT2D eigenvalue weighted by molar-refractivity contribution is 0.296. The summed E-state index contributed by atoms with van der Waals surface area (Å²) in [7, 11) is -2.34. The molecule has 0 aliphatic carbocycles. The predicted octanol–water partition coefficient (Wildman–Crippen LogP) is 2.93. The van der Waals surface area contributed by atoms with Gasteiger partial charge < -0.3 is 5.32 Å². The van der Waals surface area contributed by atoms with Gasteiger partial charge in [0, 0.05) is 13.1 Å². The van der Waals surface area contributed by atoms with Crippen LogP contribution in [0.4, 0.5) is 4.39 Å². The van der Waals surface area contributed by atoms with E-state index < -0.39 is 15.8 Å². The summed E-state index contributed by atoms with van der Waals surface area (Å²) in [5, 5.41) is 2.77. The van der Waals surface area contributed by atoms with Crippen molar-refractivity contribution in [2.24, 2.45) is 0 Å².